The number of nitrogens with one attached hydrogen (secondary N) is 1. The molecule has 82 valence electrons. The van der Waals surface area contributed by atoms with E-state index in [9.17, 15) is 5.11 Å². The first-order valence-corrected chi connectivity index (χ1v) is 5.76. The third-order valence-corrected chi connectivity index (χ3v) is 2.83. The molecule has 15 heavy (non-hydrogen) atoms. The molecule has 0 aromatic heterocycles. The number of nitrogens with zero attached hydrogens (tertiary/aromatic N) is 1. The van der Waals surface area contributed by atoms with Crippen molar-refractivity contribution in [3.8, 4) is 0 Å². The lowest BCUT2D eigenvalue weighted by atomic mass is 10.1. The number of halogens is 1. The summed E-state index contributed by atoms with van der Waals surface area (Å²) in [7, 11) is 0. The van der Waals surface area contributed by atoms with Crippen LogP contribution in [0, 0.1) is 0 Å². The van der Waals surface area contributed by atoms with Crippen LogP contribution in [0.25, 0.3) is 0 Å². The van der Waals surface area contributed by atoms with E-state index in [0.29, 0.717) is 6.54 Å². The molecule has 1 aromatic carbocycles. The van der Waals surface area contributed by atoms with Crippen LogP contribution in [0.4, 0.5) is 11.4 Å². The minimum atomic E-state index is -0.675. The second kappa shape index (κ2) is 3.68. The fourth-order valence-electron chi connectivity index (χ4n) is 1.79. The van der Waals surface area contributed by atoms with Gasteiger partial charge in [0.1, 0.15) is 0 Å². The molecule has 0 aliphatic carbocycles. The van der Waals surface area contributed by atoms with E-state index < -0.39 is 5.60 Å². The Bertz CT molecular complexity index is 373. The predicted molar refractivity (Wildman–Crippen MR) is 66.3 cm³/mol. The van der Waals surface area contributed by atoms with Crippen LogP contribution >= 0.6 is 15.9 Å². The van der Waals surface area contributed by atoms with Crippen LogP contribution in [0.5, 0.6) is 0 Å². The summed E-state index contributed by atoms with van der Waals surface area (Å²) in [5.74, 6) is 0. The van der Waals surface area contributed by atoms with E-state index in [4.69, 9.17) is 0 Å². The molecule has 0 fully saturated rings. The Morgan fingerprint density at radius 2 is 2.27 bits per heavy atom. The van der Waals surface area contributed by atoms with Gasteiger partial charge in [-0.25, -0.2) is 0 Å². The molecule has 1 aliphatic rings. The number of β-amino-alcohol motifs (C(OH)–C–C–N with tert-alkyl or cyclic N) is 1. The molecule has 0 saturated carbocycles. The molecule has 0 unspecified atom stereocenters. The van der Waals surface area contributed by atoms with Gasteiger partial charge in [-0.15, -0.1) is 0 Å². The third-order valence-electron chi connectivity index (χ3n) is 2.34. The van der Waals surface area contributed by atoms with Crippen molar-refractivity contribution in [2.75, 3.05) is 23.4 Å². The molecule has 1 aromatic rings. The number of anilines is 2. The van der Waals surface area contributed by atoms with Crippen molar-refractivity contribution >= 4 is 27.3 Å². The number of benzene rings is 1. The molecule has 0 saturated heterocycles. The average Bonchev–Trinajstić information content (AvgIpc) is 2.46. The molecule has 1 heterocycles. The van der Waals surface area contributed by atoms with Crippen LogP contribution in [0.1, 0.15) is 13.8 Å². The molecule has 2 N–H and O–H groups in total. The lowest BCUT2D eigenvalue weighted by Gasteiger charge is -2.26. The van der Waals surface area contributed by atoms with Crippen LogP contribution in [-0.4, -0.2) is 23.9 Å². The summed E-state index contributed by atoms with van der Waals surface area (Å²) in [6, 6.07) is 6.13. The number of aliphatic hydroxyl groups is 1. The maximum Gasteiger partial charge on any atom is 0.0878 e. The van der Waals surface area contributed by atoms with Gasteiger partial charge in [0.25, 0.3) is 0 Å². The zero-order valence-corrected chi connectivity index (χ0v) is 10.5. The minimum absolute atomic E-state index is 0.628. The Labute approximate surface area is 98.2 Å². The Hall–Kier alpha value is -0.740. The van der Waals surface area contributed by atoms with Crippen LogP contribution < -0.4 is 10.2 Å². The molecule has 0 spiro atoms. The van der Waals surface area contributed by atoms with E-state index in [1.807, 2.05) is 26.0 Å². The highest BCUT2D eigenvalue weighted by Gasteiger charge is 2.24. The quantitative estimate of drug-likeness (QED) is 0.867. The fraction of sp³-hybridized carbons (Fsp3) is 0.455. The molecule has 4 heteroatoms. The number of hydrogen-bond acceptors (Lipinski definition) is 3. The van der Waals surface area contributed by atoms with Gasteiger partial charge in [-0.2, -0.15) is 0 Å². The van der Waals surface area contributed by atoms with Crippen LogP contribution in [0.15, 0.2) is 22.7 Å². The van der Waals surface area contributed by atoms with E-state index in [2.05, 4.69) is 32.2 Å². The summed E-state index contributed by atoms with van der Waals surface area (Å²) in [6.07, 6.45) is 0. The third kappa shape index (κ3) is 2.44. The highest BCUT2D eigenvalue weighted by Crippen LogP contribution is 2.34. The van der Waals surface area contributed by atoms with E-state index in [0.717, 1.165) is 22.5 Å². The second-order valence-electron chi connectivity index (χ2n) is 4.51. The van der Waals surface area contributed by atoms with Crippen molar-refractivity contribution in [2.45, 2.75) is 19.4 Å². The first-order valence-electron chi connectivity index (χ1n) is 4.96. The average molecular weight is 271 g/mol. The smallest absolute Gasteiger partial charge is 0.0878 e. The van der Waals surface area contributed by atoms with Gasteiger partial charge in [0.05, 0.1) is 23.6 Å². The van der Waals surface area contributed by atoms with Gasteiger partial charge in [-0.05, 0) is 32.0 Å². The largest absolute Gasteiger partial charge is 0.389 e. The number of fused-ring (bicyclic) bond motifs is 1. The van der Waals surface area contributed by atoms with E-state index in [-0.39, 0.29) is 0 Å². The van der Waals surface area contributed by atoms with Crippen molar-refractivity contribution in [3.05, 3.63) is 22.7 Å². The molecule has 0 atom stereocenters. The van der Waals surface area contributed by atoms with Gasteiger partial charge < -0.3 is 15.3 Å². The Balaban J connectivity index is 2.24. The minimum Gasteiger partial charge on any atom is -0.389 e. The van der Waals surface area contributed by atoms with Crippen molar-refractivity contribution in [3.63, 3.8) is 0 Å². The molecule has 3 nitrogen and oxygen atoms in total. The molecule has 1 aliphatic heterocycles. The first kappa shape index (κ1) is 10.8. The lowest BCUT2D eigenvalue weighted by Crippen LogP contribution is -2.38. The molecular formula is C11H15BrN2O. The maximum atomic E-state index is 9.79. The SMILES string of the molecule is CC(C)(O)CN1CNc2ccc(Br)cc21. The maximum absolute atomic E-state index is 9.79. The zero-order valence-electron chi connectivity index (χ0n) is 8.92. The van der Waals surface area contributed by atoms with Crippen LogP contribution in [0.3, 0.4) is 0 Å². The van der Waals surface area contributed by atoms with Crippen molar-refractivity contribution < 1.29 is 5.11 Å². The Morgan fingerprint density at radius 1 is 1.53 bits per heavy atom. The zero-order chi connectivity index (χ0) is 11.1. The molecule has 0 amide bonds. The van der Waals surface area contributed by atoms with Gasteiger partial charge in [0, 0.05) is 11.0 Å². The topological polar surface area (TPSA) is 35.5 Å². The van der Waals surface area contributed by atoms with Gasteiger partial charge >= 0.3 is 0 Å². The van der Waals surface area contributed by atoms with Gasteiger partial charge in [0.15, 0.2) is 0 Å². The Morgan fingerprint density at radius 3 is 2.93 bits per heavy atom. The summed E-state index contributed by atoms with van der Waals surface area (Å²) in [6.45, 7) is 5.03. The fourth-order valence-corrected chi connectivity index (χ4v) is 2.14. The molecular weight excluding hydrogens is 256 g/mol. The summed E-state index contributed by atoms with van der Waals surface area (Å²) in [5, 5.41) is 13.1. The summed E-state index contributed by atoms with van der Waals surface area (Å²) < 4.78 is 1.06. The normalized spacial score (nSPS) is 15.1. The van der Waals surface area contributed by atoms with E-state index in [1.54, 1.807) is 0 Å². The van der Waals surface area contributed by atoms with Crippen LogP contribution in [0.2, 0.25) is 0 Å². The van der Waals surface area contributed by atoms with Gasteiger partial charge in [-0.3, -0.25) is 0 Å². The van der Waals surface area contributed by atoms with Gasteiger partial charge in [0.2, 0.25) is 0 Å². The highest BCUT2D eigenvalue weighted by atomic mass is 79.9. The summed E-state index contributed by atoms with van der Waals surface area (Å²) in [5.41, 5.74) is 1.60. The molecule has 0 radical (unpaired) electrons. The highest BCUT2D eigenvalue weighted by molar-refractivity contribution is 9.10. The van der Waals surface area contributed by atoms with Crippen molar-refractivity contribution in [2.24, 2.45) is 0 Å². The van der Waals surface area contributed by atoms with Crippen molar-refractivity contribution in [1.29, 1.82) is 0 Å². The van der Waals surface area contributed by atoms with Gasteiger partial charge in [-0.1, -0.05) is 15.9 Å². The molecule has 2 rings (SSSR count). The molecule has 0 bridgehead atoms. The van der Waals surface area contributed by atoms with E-state index in [1.165, 1.54) is 0 Å². The first-order chi connectivity index (χ1) is 6.96. The van der Waals surface area contributed by atoms with E-state index >= 15 is 0 Å². The standard InChI is InChI=1S/C11H15BrN2O/c1-11(2,15)6-14-7-13-9-4-3-8(12)5-10(9)14/h3-5,13,15H,6-7H2,1-2H3. The second-order valence-corrected chi connectivity index (χ2v) is 5.42. The monoisotopic (exact) mass is 270 g/mol. The van der Waals surface area contributed by atoms with Crippen LogP contribution in [-0.2, 0) is 0 Å². The Kier molecular flexibility index (Phi) is 2.64. The number of rotatable bonds is 2. The van der Waals surface area contributed by atoms with Crippen molar-refractivity contribution in [1.82, 2.24) is 0 Å². The summed E-state index contributed by atoms with van der Waals surface area (Å²) >= 11 is 3.46. The predicted octanol–water partition coefficient (Wildman–Crippen LogP) is 2.41. The summed E-state index contributed by atoms with van der Waals surface area (Å²) in [4.78, 5) is 2.14. The lowest BCUT2D eigenvalue weighted by molar-refractivity contribution is 0.0880. The number of hydrogen-bond donors (Lipinski definition) is 2.